The summed E-state index contributed by atoms with van der Waals surface area (Å²) in [5.41, 5.74) is 2.56. The summed E-state index contributed by atoms with van der Waals surface area (Å²) in [6, 6.07) is 8.52. The van der Waals surface area contributed by atoms with Gasteiger partial charge in [-0.3, -0.25) is 0 Å². The van der Waals surface area contributed by atoms with Crippen LogP contribution in [-0.4, -0.2) is 13.6 Å². The number of benzene rings is 1. The SMILES string of the molecule is CNCC=Cc1ccc(CBr)cc1. The van der Waals surface area contributed by atoms with Gasteiger partial charge in [0.15, 0.2) is 0 Å². The summed E-state index contributed by atoms with van der Waals surface area (Å²) in [6.07, 6.45) is 4.23. The summed E-state index contributed by atoms with van der Waals surface area (Å²) in [4.78, 5) is 0. The number of hydrogen-bond donors (Lipinski definition) is 1. The first-order valence-electron chi connectivity index (χ1n) is 4.33. The predicted molar refractivity (Wildman–Crippen MR) is 62.0 cm³/mol. The van der Waals surface area contributed by atoms with Gasteiger partial charge < -0.3 is 5.32 Å². The van der Waals surface area contributed by atoms with Crippen LogP contribution in [0, 0.1) is 0 Å². The average Bonchev–Trinajstić information content (AvgIpc) is 2.19. The molecule has 0 saturated carbocycles. The molecule has 0 spiro atoms. The van der Waals surface area contributed by atoms with Crippen LogP contribution in [0.2, 0.25) is 0 Å². The quantitative estimate of drug-likeness (QED) is 0.798. The standard InChI is InChI=1S/C11H14BrN/c1-13-8-2-3-10-4-6-11(9-12)7-5-10/h2-7,13H,8-9H2,1H3. The minimum Gasteiger partial charge on any atom is -0.316 e. The van der Waals surface area contributed by atoms with Crippen molar-refractivity contribution in [2.24, 2.45) is 0 Å². The largest absolute Gasteiger partial charge is 0.316 e. The Bertz CT molecular complexity index is 264. The molecule has 0 amide bonds. The fourth-order valence-corrected chi connectivity index (χ4v) is 1.40. The lowest BCUT2D eigenvalue weighted by Crippen LogP contribution is -2.03. The number of nitrogens with one attached hydrogen (secondary N) is 1. The van der Waals surface area contributed by atoms with Gasteiger partial charge in [0.2, 0.25) is 0 Å². The molecule has 2 heteroatoms. The molecule has 0 bridgehead atoms. The zero-order chi connectivity index (χ0) is 9.52. The molecule has 1 N–H and O–H groups in total. The number of halogens is 1. The van der Waals surface area contributed by atoms with Crippen LogP contribution in [0.1, 0.15) is 11.1 Å². The smallest absolute Gasteiger partial charge is 0.0283 e. The van der Waals surface area contributed by atoms with E-state index in [1.54, 1.807) is 0 Å². The molecule has 0 aromatic heterocycles. The van der Waals surface area contributed by atoms with E-state index in [-0.39, 0.29) is 0 Å². The Kier molecular flexibility index (Phi) is 4.79. The molecule has 0 heterocycles. The van der Waals surface area contributed by atoms with Crippen molar-refractivity contribution in [1.82, 2.24) is 5.32 Å². The Hall–Kier alpha value is -0.600. The number of hydrogen-bond acceptors (Lipinski definition) is 1. The van der Waals surface area contributed by atoms with Crippen molar-refractivity contribution < 1.29 is 0 Å². The molecule has 0 aliphatic carbocycles. The van der Waals surface area contributed by atoms with E-state index < -0.39 is 0 Å². The number of likely N-dealkylation sites (N-methyl/N-ethyl adjacent to an activating group) is 1. The second-order valence-corrected chi connectivity index (χ2v) is 3.40. The lowest BCUT2D eigenvalue weighted by atomic mass is 10.1. The highest BCUT2D eigenvalue weighted by atomic mass is 79.9. The molecule has 1 rings (SSSR count). The van der Waals surface area contributed by atoms with Crippen LogP contribution in [0.3, 0.4) is 0 Å². The van der Waals surface area contributed by atoms with Gasteiger partial charge in [-0.25, -0.2) is 0 Å². The molecule has 0 aliphatic rings. The van der Waals surface area contributed by atoms with Crippen molar-refractivity contribution in [3.63, 3.8) is 0 Å². The van der Waals surface area contributed by atoms with E-state index in [1.165, 1.54) is 11.1 Å². The summed E-state index contributed by atoms with van der Waals surface area (Å²) in [7, 11) is 1.94. The molecule has 0 fully saturated rings. The third-order valence-corrected chi connectivity index (χ3v) is 2.41. The highest BCUT2D eigenvalue weighted by Crippen LogP contribution is 2.08. The van der Waals surface area contributed by atoms with Gasteiger partial charge in [0.1, 0.15) is 0 Å². The van der Waals surface area contributed by atoms with Gasteiger partial charge in [0.05, 0.1) is 0 Å². The number of rotatable bonds is 4. The molecule has 1 aromatic carbocycles. The van der Waals surface area contributed by atoms with E-state index in [2.05, 4.69) is 57.7 Å². The van der Waals surface area contributed by atoms with Gasteiger partial charge in [-0.2, -0.15) is 0 Å². The first-order valence-corrected chi connectivity index (χ1v) is 5.45. The fraction of sp³-hybridized carbons (Fsp3) is 0.273. The van der Waals surface area contributed by atoms with Gasteiger partial charge in [0.25, 0.3) is 0 Å². The highest BCUT2D eigenvalue weighted by molar-refractivity contribution is 9.08. The van der Waals surface area contributed by atoms with E-state index >= 15 is 0 Å². The Morgan fingerprint density at radius 2 is 2.00 bits per heavy atom. The molecule has 0 unspecified atom stereocenters. The predicted octanol–water partition coefficient (Wildman–Crippen LogP) is 2.81. The van der Waals surface area contributed by atoms with Crippen LogP contribution >= 0.6 is 15.9 Å². The molecular formula is C11H14BrN. The minimum absolute atomic E-state index is 0.917. The van der Waals surface area contributed by atoms with E-state index in [0.717, 1.165) is 11.9 Å². The van der Waals surface area contributed by atoms with Crippen LogP contribution < -0.4 is 5.32 Å². The second-order valence-electron chi connectivity index (χ2n) is 2.84. The number of alkyl halides is 1. The zero-order valence-electron chi connectivity index (χ0n) is 7.76. The van der Waals surface area contributed by atoms with E-state index in [9.17, 15) is 0 Å². The Labute approximate surface area is 88.0 Å². The zero-order valence-corrected chi connectivity index (χ0v) is 9.34. The summed E-state index contributed by atoms with van der Waals surface area (Å²) in [6.45, 7) is 0.917. The summed E-state index contributed by atoms with van der Waals surface area (Å²) < 4.78 is 0. The molecule has 70 valence electrons. The van der Waals surface area contributed by atoms with Crippen molar-refractivity contribution in [2.45, 2.75) is 5.33 Å². The first-order chi connectivity index (χ1) is 6.36. The maximum absolute atomic E-state index is 3.42. The van der Waals surface area contributed by atoms with Crippen LogP contribution in [0.5, 0.6) is 0 Å². The maximum atomic E-state index is 3.42. The summed E-state index contributed by atoms with van der Waals surface area (Å²) >= 11 is 3.42. The van der Waals surface area contributed by atoms with Crippen LogP contribution in [0.4, 0.5) is 0 Å². The van der Waals surface area contributed by atoms with Crippen molar-refractivity contribution in [3.8, 4) is 0 Å². The summed E-state index contributed by atoms with van der Waals surface area (Å²) in [5, 5.41) is 3.99. The van der Waals surface area contributed by atoms with E-state index in [0.29, 0.717) is 0 Å². The minimum atomic E-state index is 0.917. The van der Waals surface area contributed by atoms with Crippen molar-refractivity contribution in [2.75, 3.05) is 13.6 Å². The second kappa shape index (κ2) is 5.95. The molecule has 0 radical (unpaired) electrons. The topological polar surface area (TPSA) is 12.0 Å². The van der Waals surface area contributed by atoms with Crippen LogP contribution in [0.15, 0.2) is 30.3 Å². The van der Waals surface area contributed by atoms with Gasteiger partial charge >= 0.3 is 0 Å². The van der Waals surface area contributed by atoms with Gasteiger partial charge in [-0.15, -0.1) is 0 Å². The molecule has 0 saturated heterocycles. The van der Waals surface area contributed by atoms with Crippen LogP contribution in [-0.2, 0) is 5.33 Å². The Balaban J connectivity index is 2.58. The first kappa shape index (κ1) is 10.5. The van der Waals surface area contributed by atoms with Crippen molar-refractivity contribution in [3.05, 3.63) is 41.5 Å². The monoisotopic (exact) mass is 239 g/mol. The molecule has 1 aromatic rings. The lowest BCUT2D eigenvalue weighted by Gasteiger charge is -1.96. The third kappa shape index (κ3) is 3.75. The van der Waals surface area contributed by atoms with Gasteiger partial charge in [0, 0.05) is 11.9 Å². The third-order valence-electron chi connectivity index (χ3n) is 1.77. The normalized spacial score (nSPS) is 10.9. The van der Waals surface area contributed by atoms with Crippen molar-refractivity contribution in [1.29, 1.82) is 0 Å². The maximum Gasteiger partial charge on any atom is 0.0283 e. The van der Waals surface area contributed by atoms with E-state index in [4.69, 9.17) is 0 Å². The highest BCUT2D eigenvalue weighted by Gasteiger charge is 1.88. The van der Waals surface area contributed by atoms with Crippen molar-refractivity contribution >= 4 is 22.0 Å². The van der Waals surface area contributed by atoms with Gasteiger partial charge in [-0.05, 0) is 18.2 Å². The molecule has 0 atom stereocenters. The fourth-order valence-electron chi connectivity index (χ4n) is 1.03. The Morgan fingerprint density at radius 1 is 1.31 bits per heavy atom. The average molecular weight is 240 g/mol. The van der Waals surface area contributed by atoms with Gasteiger partial charge in [-0.1, -0.05) is 52.3 Å². The van der Waals surface area contributed by atoms with E-state index in [1.807, 2.05) is 7.05 Å². The molecule has 1 nitrogen and oxygen atoms in total. The lowest BCUT2D eigenvalue weighted by molar-refractivity contribution is 0.922. The summed E-state index contributed by atoms with van der Waals surface area (Å²) in [5.74, 6) is 0. The van der Waals surface area contributed by atoms with Crippen LogP contribution in [0.25, 0.3) is 6.08 Å². The molecular weight excluding hydrogens is 226 g/mol. The molecule has 13 heavy (non-hydrogen) atoms. The molecule has 0 aliphatic heterocycles. The Morgan fingerprint density at radius 3 is 2.54 bits per heavy atom.